The molecule has 164 valence electrons. The van der Waals surface area contributed by atoms with Crippen LogP contribution >= 0.6 is 0 Å². The number of carbonyl (C=O) groups is 1. The van der Waals surface area contributed by atoms with Crippen LogP contribution in [0.2, 0.25) is 0 Å². The molecule has 2 aromatic carbocycles. The number of aliphatic hydroxyl groups is 1. The molecule has 2 fully saturated rings. The van der Waals surface area contributed by atoms with E-state index in [1.807, 2.05) is 48.7 Å². The van der Waals surface area contributed by atoms with E-state index in [1.54, 1.807) is 30.5 Å². The van der Waals surface area contributed by atoms with Gasteiger partial charge in [-0.1, -0.05) is 66.7 Å². The van der Waals surface area contributed by atoms with E-state index in [-0.39, 0.29) is 5.41 Å². The molecule has 3 unspecified atom stereocenters. The van der Waals surface area contributed by atoms with Crippen LogP contribution in [0.15, 0.2) is 85.2 Å². The van der Waals surface area contributed by atoms with E-state index in [4.69, 9.17) is 5.73 Å². The number of pyridine rings is 1. The Bertz CT molecular complexity index is 1040. The second-order valence-electron chi connectivity index (χ2n) is 9.06. The van der Waals surface area contributed by atoms with Gasteiger partial charge in [0.05, 0.1) is 6.17 Å². The van der Waals surface area contributed by atoms with Crippen molar-refractivity contribution in [2.75, 3.05) is 13.1 Å². The highest BCUT2D eigenvalue weighted by Gasteiger charge is 2.63. The van der Waals surface area contributed by atoms with Gasteiger partial charge in [-0.05, 0) is 35.1 Å². The molecule has 0 radical (unpaired) electrons. The van der Waals surface area contributed by atoms with Gasteiger partial charge in [0, 0.05) is 37.4 Å². The summed E-state index contributed by atoms with van der Waals surface area (Å²) in [5.41, 5.74) is 6.83. The molecule has 0 bridgehead atoms. The number of aromatic nitrogens is 1. The van der Waals surface area contributed by atoms with Gasteiger partial charge >= 0.3 is 0 Å². The van der Waals surface area contributed by atoms with E-state index in [2.05, 4.69) is 21.3 Å². The first kappa shape index (κ1) is 20.8. The average Bonchev–Trinajstić information content (AvgIpc) is 3.42. The minimum absolute atomic E-state index is 0.147. The lowest BCUT2D eigenvalue weighted by Gasteiger charge is -2.32. The predicted molar refractivity (Wildman–Crippen MR) is 122 cm³/mol. The average molecular weight is 429 g/mol. The molecule has 32 heavy (non-hydrogen) atoms. The zero-order valence-corrected chi connectivity index (χ0v) is 17.9. The summed E-state index contributed by atoms with van der Waals surface area (Å²) in [7, 11) is 0. The maximum absolute atomic E-state index is 13.5. The lowest BCUT2D eigenvalue weighted by Crippen LogP contribution is -2.56. The number of rotatable bonds is 7. The van der Waals surface area contributed by atoms with Gasteiger partial charge in [-0.25, -0.2) is 0 Å². The molecule has 1 saturated carbocycles. The zero-order valence-electron chi connectivity index (χ0n) is 17.9. The van der Waals surface area contributed by atoms with Crippen LogP contribution in [-0.4, -0.2) is 40.2 Å². The molecule has 1 aliphatic heterocycles. The van der Waals surface area contributed by atoms with Crippen LogP contribution < -0.4 is 11.1 Å². The van der Waals surface area contributed by atoms with Crippen molar-refractivity contribution in [2.45, 2.75) is 24.7 Å². The van der Waals surface area contributed by atoms with Crippen molar-refractivity contribution in [3.8, 4) is 0 Å². The number of nitrogens with one attached hydrogen (secondary N) is 1. The van der Waals surface area contributed by atoms with E-state index in [1.165, 1.54) is 5.56 Å². The summed E-state index contributed by atoms with van der Waals surface area (Å²) in [6.45, 7) is 2.61. The number of hydrogen-bond acceptors (Lipinski definition) is 5. The molecule has 6 nitrogen and oxygen atoms in total. The normalized spacial score (nSPS) is 23.4. The van der Waals surface area contributed by atoms with Crippen LogP contribution in [0.25, 0.3) is 0 Å². The Morgan fingerprint density at radius 3 is 2.38 bits per heavy atom. The SMILES string of the molecule is NC(NC(=O)C(O)(c1ccccc1)c1ccccc1)C12CC1CN(Cc1cccnc1)C2. The van der Waals surface area contributed by atoms with Crippen molar-refractivity contribution >= 4 is 5.91 Å². The molecule has 1 aromatic heterocycles. The lowest BCUT2D eigenvalue weighted by molar-refractivity contribution is -0.138. The smallest absolute Gasteiger partial charge is 0.262 e. The largest absolute Gasteiger partial charge is 0.372 e. The Hall–Kier alpha value is -3.06. The third-order valence-electron chi connectivity index (χ3n) is 7.02. The molecule has 4 N–H and O–H groups in total. The zero-order chi connectivity index (χ0) is 22.2. The second kappa shape index (κ2) is 8.13. The molecule has 5 rings (SSSR count). The topological polar surface area (TPSA) is 91.5 Å². The summed E-state index contributed by atoms with van der Waals surface area (Å²) in [6.07, 6.45) is 4.13. The monoisotopic (exact) mass is 428 g/mol. The summed E-state index contributed by atoms with van der Waals surface area (Å²) in [6, 6.07) is 22.1. The summed E-state index contributed by atoms with van der Waals surface area (Å²) in [5, 5.41) is 14.6. The minimum atomic E-state index is -1.81. The molecule has 1 saturated heterocycles. The third-order valence-corrected chi connectivity index (χ3v) is 7.02. The van der Waals surface area contributed by atoms with E-state index >= 15 is 0 Å². The Labute approximate surface area is 188 Å². The summed E-state index contributed by atoms with van der Waals surface area (Å²) < 4.78 is 0. The molecule has 1 amide bonds. The first-order chi connectivity index (χ1) is 15.5. The van der Waals surface area contributed by atoms with Crippen molar-refractivity contribution < 1.29 is 9.90 Å². The number of likely N-dealkylation sites (tertiary alicyclic amines) is 1. The fourth-order valence-electron chi connectivity index (χ4n) is 5.16. The third kappa shape index (κ3) is 3.60. The van der Waals surface area contributed by atoms with Gasteiger partial charge < -0.3 is 16.2 Å². The van der Waals surface area contributed by atoms with E-state index in [0.29, 0.717) is 17.0 Å². The number of carbonyl (C=O) groups excluding carboxylic acids is 1. The van der Waals surface area contributed by atoms with Crippen LogP contribution in [0.1, 0.15) is 23.1 Å². The van der Waals surface area contributed by atoms with Crippen LogP contribution in [0, 0.1) is 11.3 Å². The fraction of sp³-hybridized carbons (Fsp3) is 0.308. The van der Waals surface area contributed by atoms with Crippen LogP contribution in [0.4, 0.5) is 0 Å². The van der Waals surface area contributed by atoms with Gasteiger partial charge in [-0.3, -0.25) is 14.7 Å². The van der Waals surface area contributed by atoms with E-state index < -0.39 is 17.7 Å². The minimum Gasteiger partial charge on any atom is -0.372 e. The van der Waals surface area contributed by atoms with E-state index in [0.717, 1.165) is 26.1 Å². The lowest BCUT2D eigenvalue weighted by atomic mass is 9.85. The molecule has 2 heterocycles. The van der Waals surface area contributed by atoms with Gasteiger partial charge in [0.15, 0.2) is 5.60 Å². The van der Waals surface area contributed by atoms with Crippen molar-refractivity contribution in [3.05, 3.63) is 102 Å². The molecular weight excluding hydrogens is 400 g/mol. The number of piperidine rings is 1. The van der Waals surface area contributed by atoms with Gasteiger partial charge in [0.1, 0.15) is 0 Å². The number of hydrogen-bond donors (Lipinski definition) is 3. The highest BCUT2D eigenvalue weighted by atomic mass is 16.3. The Morgan fingerprint density at radius 2 is 1.78 bits per heavy atom. The first-order valence-electron chi connectivity index (χ1n) is 11.0. The van der Waals surface area contributed by atoms with Crippen molar-refractivity contribution in [2.24, 2.45) is 17.1 Å². The molecule has 1 aliphatic carbocycles. The molecule has 3 aromatic rings. The van der Waals surface area contributed by atoms with Gasteiger partial charge in [0.2, 0.25) is 0 Å². The van der Waals surface area contributed by atoms with Crippen LogP contribution in [-0.2, 0) is 16.9 Å². The first-order valence-corrected chi connectivity index (χ1v) is 11.0. The molecule has 3 atom stereocenters. The van der Waals surface area contributed by atoms with Gasteiger partial charge in [-0.2, -0.15) is 0 Å². The Balaban J connectivity index is 1.33. The number of nitrogens with two attached hydrogens (primary N) is 1. The Kier molecular flexibility index (Phi) is 5.29. The number of fused-ring (bicyclic) bond motifs is 1. The predicted octanol–water partition coefficient (Wildman–Crippen LogP) is 2.24. The molecular formula is C26H28N4O2. The quantitative estimate of drug-likeness (QED) is 0.502. The van der Waals surface area contributed by atoms with Crippen molar-refractivity contribution in [1.82, 2.24) is 15.2 Å². The Morgan fingerprint density at radius 1 is 1.12 bits per heavy atom. The number of nitrogens with zero attached hydrogens (tertiary/aromatic N) is 2. The highest BCUT2D eigenvalue weighted by Crippen LogP contribution is 2.59. The summed E-state index contributed by atoms with van der Waals surface area (Å²) >= 11 is 0. The molecule has 0 spiro atoms. The highest BCUT2D eigenvalue weighted by molar-refractivity contribution is 5.90. The van der Waals surface area contributed by atoms with Gasteiger partial charge in [-0.15, -0.1) is 0 Å². The van der Waals surface area contributed by atoms with Crippen LogP contribution in [0.3, 0.4) is 0 Å². The van der Waals surface area contributed by atoms with Crippen molar-refractivity contribution in [3.63, 3.8) is 0 Å². The summed E-state index contributed by atoms with van der Waals surface area (Å²) in [4.78, 5) is 20.1. The maximum Gasteiger partial charge on any atom is 0.262 e. The van der Waals surface area contributed by atoms with Crippen molar-refractivity contribution in [1.29, 1.82) is 0 Å². The van der Waals surface area contributed by atoms with Crippen LogP contribution in [0.5, 0.6) is 0 Å². The molecule has 2 aliphatic rings. The number of amides is 1. The number of benzene rings is 2. The summed E-state index contributed by atoms with van der Waals surface area (Å²) in [5.74, 6) is -0.0378. The fourth-order valence-corrected chi connectivity index (χ4v) is 5.16. The standard InChI is InChI=1S/C26H28N4O2/c27-23(25-14-22(25)17-30(18-25)16-19-8-7-13-28-15-19)29-24(31)26(32,20-9-3-1-4-10-20)21-11-5-2-6-12-21/h1-13,15,22-23,32H,14,16-18,27H2,(H,29,31). The maximum atomic E-state index is 13.5. The molecule has 6 heteroatoms. The van der Waals surface area contributed by atoms with E-state index in [9.17, 15) is 9.90 Å². The van der Waals surface area contributed by atoms with Gasteiger partial charge in [0.25, 0.3) is 5.91 Å². The second-order valence-corrected chi connectivity index (χ2v) is 9.06.